The molecule has 2 amide bonds. The number of rotatable bonds is 4. The lowest BCUT2D eigenvalue weighted by molar-refractivity contribution is -0.380. The molecule has 7 nitrogen and oxygen atoms in total. The summed E-state index contributed by atoms with van der Waals surface area (Å²) >= 11 is 0.739. The minimum Gasteiger partial charge on any atom is -0.267 e. The number of hydrogen-bond acceptors (Lipinski definition) is 5. The smallest absolute Gasteiger partial charge is 0.267 e. The van der Waals surface area contributed by atoms with Crippen molar-refractivity contribution >= 4 is 28.2 Å². The third kappa shape index (κ3) is 3.67. The van der Waals surface area contributed by atoms with Gasteiger partial charge in [-0.1, -0.05) is 30.4 Å². The molecular formula is C14H13N3O4S. The molecule has 0 saturated carbocycles. The van der Waals surface area contributed by atoms with Gasteiger partial charge in [0, 0.05) is 11.6 Å². The SMILES string of the molecule is CCc1ccc(C(=O)NNC(=O)c2ccc([N+](=O)[O-])s2)cc1. The zero-order chi connectivity index (χ0) is 16.1. The summed E-state index contributed by atoms with van der Waals surface area (Å²) in [5, 5.41) is 10.4. The number of thiophene rings is 1. The Labute approximate surface area is 130 Å². The molecule has 0 saturated heterocycles. The number of carbonyl (C=O) groups is 2. The normalized spacial score (nSPS) is 10.0. The first kappa shape index (κ1) is 15.6. The van der Waals surface area contributed by atoms with E-state index in [9.17, 15) is 19.7 Å². The molecule has 2 aromatic rings. The Balaban J connectivity index is 1.94. The number of nitro groups is 1. The fraction of sp³-hybridized carbons (Fsp3) is 0.143. The van der Waals surface area contributed by atoms with Gasteiger partial charge in [0.2, 0.25) is 0 Å². The maximum absolute atomic E-state index is 11.9. The number of hydrogen-bond donors (Lipinski definition) is 2. The maximum Gasteiger partial charge on any atom is 0.324 e. The molecule has 0 spiro atoms. The molecule has 0 aliphatic heterocycles. The zero-order valence-electron chi connectivity index (χ0n) is 11.7. The van der Waals surface area contributed by atoms with Crippen molar-refractivity contribution in [3.8, 4) is 0 Å². The highest BCUT2D eigenvalue weighted by molar-refractivity contribution is 7.17. The first-order valence-corrected chi connectivity index (χ1v) is 7.26. The molecular weight excluding hydrogens is 306 g/mol. The molecule has 8 heteroatoms. The summed E-state index contributed by atoms with van der Waals surface area (Å²) in [6.07, 6.45) is 0.871. The van der Waals surface area contributed by atoms with Gasteiger partial charge in [-0.3, -0.25) is 30.6 Å². The number of aryl methyl sites for hydroxylation is 1. The van der Waals surface area contributed by atoms with Crippen molar-refractivity contribution in [3.63, 3.8) is 0 Å². The van der Waals surface area contributed by atoms with Gasteiger partial charge in [-0.15, -0.1) is 0 Å². The summed E-state index contributed by atoms with van der Waals surface area (Å²) < 4.78 is 0. The summed E-state index contributed by atoms with van der Waals surface area (Å²) in [5.41, 5.74) is 6.01. The Hall–Kier alpha value is -2.74. The van der Waals surface area contributed by atoms with Crippen molar-refractivity contribution < 1.29 is 14.5 Å². The Morgan fingerprint density at radius 1 is 1.09 bits per heavy atom. The fourth-order valence-corrected chi connectivity index (χ4v) is 2.40. The molecule has 0 fully saturated rings. The number of nitrogens with one attached hydrogen (secondary N) is 2. The second-order valence-corrected chi connectivity index (χ2v) is 5.42. The predicted octanol–water partition coefficient (Wildman–Crippen LogP) is 2.29. The third-order valence-electron chi connectivity index (χ3n) is 2.91. The molecule has 1 aromatic heterocycles. The van der Waals surface area contributed by atoms with E-state index < -0.39 is 16.7 Å². The lowest BCUT2D eigenvalue weighted by Gasteiger charge is -2.06. The molecule has 22 heavy (non-hydrogen) atoms. The maximum atomic E-state index is 11.9. The van der Waals surface area contributed by atoms with E-state index in [-0.39, 0.29) is 9.88 Å². The fourth-order valence-electron chi connectivity index (χ4n) is 1.69. The quantitative estimate of drug-likeness (QED) is 0.667. The first-order valence-electron chi connectivity index (χ1n) is 6.45. The zero-order valence-corrected chi connectivity index (χ0v) is 12.5. The average molecular weight is 319 g/mol. The summed E-state index contributed by atoms with van der Waals surface area (Å²) in [6.45, 7) is 2.01. The van der Waals surface area contributed by atoms with Crippen molar-refractivity contribution in [1.29, 1.82) is 0 Å². The van der Waals surface area contributed by atoms with Gasteiger partial charge in [0.1, 0.15) is 4.88 Å². The standard InChI is InChI=1S/C14H13N3O4S/c1-2-9-3-5-10(6-4-9)13(18)15-16-14(19)11-7-8-12(22-11)17(20)21/h3-8H,2H2,1H3,(H,15,18)(H,16,19). The van der Waals surface area contributed by atoms with Crippen molar-refractivity contribution in [1.82, 2.24) is 10.9 Å². The van der Waals surface area contributed by atoms with E-state index in [0.29, 0.717) is 5.56 Å². The summed E-state index contributed by atoms with van der Waals surface area (Å²) in [6, 6.07) is 9.57. The van der Waals surface area contributed by atoms with Crippen LogP contribution in [0, 0.1) is 10.1 Å². The van der Waals surface area contributed by atoms with Gasteiger partial charge in [0.25, 0.3) is 11.8 Å². The second-order valence-electron chi connectivity index (χ2n) is 4.35. The van der Waals surface area contributed by atoms with Crippen LogP contribution in [0.2, 0.25) is 0 Å². The van der Waals surface area contributed by atoms with Crippen LogP contribution in [0.5, 0.6) is 0 Å². The first-order chi connectivity index (χ1) is 10.5. The van der Waals surface area contributed by atoms with Crippen LogP contribution in [0.1, 0.15) is 32.5 Å². The second kappa shape index (κ2) is 6.81. The highest BCUT2D eigenvalue weighted by atomic mass is 32.1. The Morgan fingerprint density at radius 3 is 2.27 bits per heavy atom. The molecule has 1 aromatic carbocycles. The Bertz CT molecular complexity index is 709. The van der Waals surface area contributed by atoms with E-state index in [1.165, 1.54) is 12.1 Å². The average Bonchev–Trinajstić information content (AvgIpc) is 3.02. The van der Waals surface area contributed by atoms with Crippen LogP contribution in [0.4, 0.5) is 5.00 Å². The number of hydrazine groups is 1. The highest BCUT2D eigenvalue weighted by Crippen LogP contribution is 2.23. The Morgan fingerprint density at radius 2 is 1.73 bits per heavy atom. The van der Waals surface area contributed by atoms with Gasteiger partial charge in [-0.25, -0.2) is 0 Å². The van der Waals surface area contributed by atoms with E-state index in [1.807, 2.05) is 19.1 Å². The number of amides is 2. The molecule has 0 unspecified atom stereocenters. The minimum absolute atomic E-state index is 0.133. The minimum atomic E-state index is -0.600. The van der Waals surface area contributed by atoms with Crippen molar-refractivity contribution in [2.24, 2.45) is 0 Å². The van der Waals surface area contributed by atoms with Crippen LogP contribution in [-0.2, 0) is 6.42 Å². The molecule has 0 aliphatic rings. The third-order valence-corrected chi connectivity index (χ3v) is 3.95. The summed E-state index contributed by atoms with van der Waals surface area (Å²) in [7, 11) is 0. The molecule has 2 rings (SSSR count). The lowest BCUT2D eigenvalue weighted by atomic mass is 10.1. The van der Waals surface area contributed by atoms with Crippen LogP contribution in [0.25, 0.3) is 0 Å². The van der Waals surface area contributed by atoms with Gasteiger partial charge in [0.15, 0.2) is 0 Å². The molecule has 114 valence electrons. The molecule has 1 heterocycles. The summed E-state index contributed by atoms with van der Waals surface area (Å²) in [5.74, 6) is -1.06. The lowest BCUT2D eigenvalue weighted by Crippen LogP contribution is -2.41. The number of benzene rings is 1. The summed E-state index contributed by atoms with van der Waals surface area (Å²) in [4.78, 5) is 33.8. The topological polar surface area (TPSA) is 101 Å². The van der Waals surface area contributed by atoms with E-state index in [1.54, 1.807) is 12.1 Å². The Kier molecular flexibility index (Phi) is 4.84. The van der Waals surface area contributed by atoms with E-state index in [4.69, 9.17) is 0 Å². The van der Waals surface area contributed by atoms with E-state index in [2.05, 4.69) is 10.9 Å². The number of nitrogens with zero attached hydrogens (tertiary/aromatic N) is 1. The molecule has 0 aliphatic carbocycles. The van der Waals surface area contributed by atoms with Gasteiger partial charge >= 0.3 is 5.00 Å². The van der Waals surface area contributed by atoms with Crippen LogP contribution < -0.4 is 10.9 Å². The molecule has 0 radical (unpaired) electrons. The van der Waals surface area contributed by atoms with Crippen LogP contribution >= 0.6 is 11.3 Å². The van der Waals surface area contributed by atoms with Crippen molar-refractivity contribution in [3.05, 3.63) is 62.5 Å². The number of carbonyl (C=O) groups excluding carboxylic acids is 2. The predicted molar refractivity (Wildman–Crippen MR) is 81.7 cm³/mol. The van der Waals surface area contributed by atoms with E-state index >= 15 is 0 Å². The van der Waals surface area contributed by atoms with Gasteiger partial charge in [-0.05, 0) is 30.2 Å². The molecule has 2 N–H and O–H groups in total. The van der Waals surface area contributed by atoms with Crippen LogP contribution in [-0.4, -0.2) is 16.7 Å². The van der Waals surface area contributed by atoms with Crippen LogP contribution in [0.15, 0.2) is 36.4 Å². The van der Waals surface area contributed by atoms with Gasteiger partial charge < -0.3 is 0 Å². The largest absolute Gasteiger partial charge is 0.324 e. The van der Waals surface area contributed by atoms with Crippen LogP contribution in [0.3, 0.4) is 0 Å². The van der Waals surface area contributed by atoms with Gasteiger partial charge in [0.05, 0.1) is 4.92 Å². The molecule has 0 atom stereocenters. The highest BCUT2D eigenvalue weighted by Gasteiger charge is 2.15. The van der Waals surface area contributed by atoms with Crippen molar-refractivity contribution in [2.75, 3.05) is 0 Å². The van der Waals surface area contributed by atoms with Crippen molar-refractivity contribution in [2.45, 2.75) is 13.3 Å². The van der Waals surface area contributed by atoms with E-state index in [0.717, 1.165) is 23.3 Å². The van der Waals surface area contributed by atoms with Gasteiger partial charge in [-0.2, -0.15) is 0 Å². The monoisotopic (exact) mass is 319 g/mol. The molecule has 0 bridgehead atoms.